The van der Waals surface area contributed by atoms with Crippen LogP contribution in [-0.2, 0) is 13.8 Å². The fourth-order valence-electron chi connectivity index (χ4n) is 1.76. The topological polar surface area (TPSA) is 67.3 Å². The Hall–Kier alpha value is -0.660. The van der Waals surface area contributed by atoms with Gasteiger partial charge in [0, 0.05) is 28.1 Å². The molecule has 0 radical (unpaired) electrons. The number of nitrogens with zero attached hydrogens (tertiary/aromatic N) is 2. The first-order valence-electron chi connectivity index (χ1n) is 5.15. The van der Waals surface area contributed by atoms with Crippen LogP contribution in [0.25, 0.3) is 0 Å². The van der Waals surface area contributed by atoms with E-state index in [1.54, 1.807) is 12.3 Å². The van der Waals surface area contributed by atoms with E-state index in [4.69, 9.17) is 10.7 Å². The zero-order valence-corrected chi connectivity index (χ0v) is 12.6. The van der Waals surface area contributed by atoms with Crippen molar-refractivity contribution < 1.29 is 13.2 Å². The summed E-state index contributed by atoms with van der Waals surface area (Å²) in [5, 5.41) is -0.855. The van der Waals surface area contributed by atoms with Gasteiger partial charge < -0.3 is 4.90 Å². The summed E-state index contributed by atoms with van der Waals surface area (Å²) in [5.74, 6) is -0.262. The molecule has 1 unspecified atom stereocenters. The van der Waals surface area contributed by atoms with Crippen molar-refractivity contribution in [1.82, 2.24) is 4.98 Å². The second-order valence-electron chi connectivity index (χ2n) is 4.07. The zero-order chi connectivity index (χ0) is 13.5. The molecular formula is C10H10BrClN2O3S. The number of aryl methyl sites for hydroxylation is 1. The molecule has 0 N–H and O–H groups in total. The third-order valence-electron chi connectivity index (χ3n) is 2.81. The maximum absolute atomic E-state index is 11.8. The number of carbonyl (C=O) groups is 1. The Morgan fingerprint density at radius 1 is 1.56 bits per heavy atom. The predicted molar refractivity (Wildman–Crippen MR) is 72.2 cm³/mol. The molecule has 1 atom stereocenters. The van der Waals surface area contributed by atoms with E-state index >= 15 is 0 Å². The summed E-state index contributed by atoms with van der Waals surface area (Å²) in [5.41, 5.74) is 1.37. The van der Waals surface area contributed by atoms with E-state index in [1.807, 2.05) is 6.92 Å². The van der Waals surface area contributed by atoms with Gasteiger partial charge in [-0.15, -0.1) is 0 Å². The second kappa shape index (κ2) is 4.79. The van der Waals surface area contributed by atoms with Crippen molar-refractivity contribution >= 4 is 47.3 Å². The summed E-state index contributed by atoms with van der Waals surface area (Å²) in [6.07, 6.45) is 1.46. The van der Waals surface area contributed by atoms with Crippen molar-refractivity contribution in [3.63, 3.8) is 0 Å². The lowest BCUT2D eigenvalue weighted by Gasteiger charge is -2.16. The minimum Gasteiger partial charge on any atom is -0.309 e. The molecule has 0 aliphatic carbocycles. The van der Waals surface area contributed by atoms with Gasteiger partial charge >= 0.3 is 0 Å². The maximum Gasteiger partial charge on any atom is 0.237 e. The van der Waals surface area contributed by atoms with E-state index in [9.17, 15) is 13.2 Å². The molecule has 1 aromatic rings. The summed E-state index contributed by atoms with van der Waals surface area (Å²) in [4.78, 5) is 17.3. The van der Waals surface area contributed by atoms with Crippen LogP contribution < -0.4 is 4.90 Å². The molecule has 1 aliphatic rings. The molecule has 1 saturated heterocycles. The molecule has 8 heteroatoms. The summed E-state index contributed by atoms with van der Waals surface area (Å²) in [6, 6.07) is 1.74. The Labute approximate surface area is 118 Å². The van der Waals surface area contributed by atoms with Crippen molar-refractivity contribution in [2.75, 3.05) is 11.4 Å². The number of hydrogen-bond acceptors (Lipinski definition) is 4. The molecule has 2 heterocycles. The average molecular weight is 354 g/mol. The number of carbonyl (C=O) groups excluding carboxylic acids is 1. The van der Waals surface area contributed by atoms with E-state index in [0.717, 1.165) is 10.2 Å². The van der Waals surface area contributed by atoms with Crippen LogP contribution >= 0.6 is 26.6 Å². The number of aromatic nitrogens is 1. The van der Waals surface area contributed by atoms with Gasteiger partial charge in [0.2, 0.25) is 15.0 Å². The van der Waals surface area contributed by atoms with Crippen LogP contribution in [0.4, 0.5) is 5.69 Å². The third kappa shape index (κ3) is 2.67. The average Bonchev–Trinajstić information content (AvgIpc) is 2.64. The lowest BCUT2D eigenvalue weighted by molar-refractivity contribution is -0.117. The third-order valence-corrected chi connectivity index (χ3v) is 5.48. The maximum atomic E-state index is 11.8. The molecule has 0 saturated carbocycles. The molecular weight excluding hydrogens is 344 g/mol. The smallest absolute Gasteiger partial charge is 0.237 e. The summed E-state index contributed by atoms with van der Waals surface area (Å²) >= 11 is 3.32. The molecule has 1 amide bonds. The van der Waals surface area contributed by atoms with Gasteiger partial charge in [-0.05, 0) is 28.9 Å². The van der Waals surface area contributed by atoms with Crippen molar-refractivity contribution in [1.29, 1.82) is 0 Å². The number of anilines is 1. The Kier molecular flexibility index (Phi) is 3.66. The Bertz CT molecular complexity index is 605. The van der Waals surface area contributed by atoms with Crippen LogP contribution in [-0.4, -0.2) is 31.1 Å². The quantitative estimate of drug-likeness (QED) is 0.761. The van der Waals surface area contributed by atoms with E-state index in [1.165, 1.54) is 4.90 Å². The lowest BCUT2D eigenvalue weighted by Crippen LogP contribution is -2.26. The molecule has 2 rings (SSSR count). The van der Waals surface area contributed by atoms with Crippen LogP contribution in [0.2, 0.25) is 0 Å². The van der Waals surface area contributed by atoms with Gasteiger partial charge in [-0.2, -0.15) is 0 Å². The number of halogens is 2. The normalized spacial score (nSPS) is 20.5. The minimum absolute atomic E-state index is 0.0713. The van der Waals surface area contributed by atoms with Gasteiger partial charge in [0.05, 0.1) is 17.6 Å². The number of hydrogen-bond donors (Lipinski definition) is 0. The standard InChI is InChI=1S/C10H10BrClN2O3S/c1-6-9(11)2-7(4-13-6)14-5-8(3-10(14)15)18(12,16)17/h2,4,8H,3,5H2,1H3. The zero-order valence-electron chi connectivity index (χ0n) is 9.43. The first-order valence-corrected chi connectivity index (χ1v) is 8.31. The Morgan fingerprint density at radius 3 is 2.72 bits per heavy atom. The molecule has 1 fully saturated rings. The monoisotopic (exact) mass is 352 g/mol. The van der Waals surface area contributed by atoms with Crippen molar-refractivity contribution in [3.8, 4) is 0 Å². The SMILES string of the molecule is Cc1ncc(N2CC(S(=O)(=O)Cl)CC2=O)cc1Br. The van der Waals surface area contributed by atoms with Crippen LogP contribution in [0.3, 0.4) is 0 Å². The van der Waals surface area contributed by atoms with Crippen molar-refractivity contribution in [3.05, 3.63) is 22.4 Å². The Balaban J connectivity index is 2.30. The van der Waals surface area contributed by atoms with E-state index < -0.39 is 14.3 Å². The van der Waals surface area contributed by atoms with Gasteiger partial charge in [0.25, 0.3) is 0 Å². The number of amides is 1. The van der Waals surface area contributed by atoms with Crippen molar-refractivity contribution in [2.45, 2.75) is 18.6 Å². The molecule has 5 nitrogen and oxygen atoms in total. The van der Waals surface area contributed by atoms with Crippen molar-refractivity contribution in [2.24, 2.45) is 0 Å². The summed E-state index contributed by atoms with van der Waals surface area (Å²) in [7, 11) is 1.57. The molecule has 18 heavy (non-hydrogen) atoms. The molecule has 1 aliphatic heterocycles. The highest BCUT2D eigenvalue weighted by atomic mass is 79.9. The van der Waals surface area contributed by atoms with Gasteiger partial charge in [-0.25, -0.2) is 8.42 Å². The summed E-state index contributed by atoms with van der Waals surface area (Å²) in [6.45, 7) is 1.90. The highest BCUT2D eigenvalue weighted by Crippen LogP contribution is 2.28. The van der Waals surface area contributed by atoms with E-state index in [-0.39, 0.29) is 18.9 Å². The number of pyridine rings is 1. The number of rotatable bonds is 2. The van der Waals surface area contributed by atoms with Crippen LogP contribution in [0.5, 0.6) is 0 Å². The fourth-order valence-corrected chi connectivity index (χ4v) is 3.12. The molecule has 0 spiro atoms. The van der Waals surface area contributed by atoms with E-state index in [2.05, 4.69) is 20.9 Å². The minimum atomic E-state index is -3.72. The molecule has 1 aromatic heterocycles. The van der Waals surface area contributed by atoms with Crippen LogP contribution in [0, 0.1) is 6.92 Å². The van der Waals surface area contributed by atoms with Crippen LogP contribution in [0.15, 0.2) is 16.7 Å². The molecule has 0 bridgehead atoms. The van der Waals surface area contributed by atoms with Gasteiger partial charge in [0.15, 0.2) is 0 Å². The second-order valence-corrected chi connectivity index (χ2v) is 7.83. The van der Waals surface area contributed by atoms with Gasteiger partial charge in [-0.1, -0.05) is 0 Å². The predicted octanol–water partition coefficient (Wildman–Crippen LogP) is 1.83. The van der Waals surface area contributed by atoms with E-state index in [0.29, 0.717) is 5.69 Å². The van der Waals surface area contributed by atoms with Gasteiger partial charge in [0.1, 0.15) is 5.25 Å². The lowest BCUT2D eigenvalue weighted by atomic mass is 10.3. The molecule has 98 valence electrons. The van der Waals surface area contributed by atoms with Gasteiger partial charge in [-0.3, -0.25) is 9.78 Å². The summed E-state index contributed by atoms with van der Waals surface area (Å²) < 4.78 is 23.2. The largest absolute Gasteiger partial charge is 0.309 e. The Morgan fingerprint density at radius 2 is 2.22 bits per heavy atom. The van der Waals surface area contributed by atoms with Crippen LogP contribution in [0.1, 0.15) is 12.1 Å². The first-order chi connectivity index (χ1) is 8.29. The fraction of sp³-hybridized carbons (Fsp3) is 0.400. The molecule has 0 aromatic carbocycles. The first kappa shape index (κ1) is 13.8. The highest BCUT2D eigenvalue weighted by molar-refractivity contribution is 9.10. The highest BCUT2D eigenvalue weighted by Gasteiger charge is 2.38.